The van der Waals surface area contributed by atoms with Crippen molar-refractivity contribution in [2.24, 2.45) is 0 Å². The molecule has 19 heavy (non-hydrogen) atoms. The van der Waals surface area contributed by atoms with Crippen LogP contribution in [0.25, 0.3) is 0 Å². The summed E-state index contributed by atoms with van der Waals surface area (Å²) in [5, 5.41) is 0. The van der Waals surface area contributed by atoms with E-state index in [0.29, 0.717) is 0 Å². The van der Waals surface area contributed by atoms with Gasteiger partial charge in [0.15, 0.2) is 4.90 Å². The highest BCUT2D eigenvalue weighted by molar-refractivity contribution is 7.92. The molecule has 0 fully saturated rings. The van der Waals surface area contributed by atoms with Crippen molar-refractivity contribution < 1.29 is 9.29 Å². The van der Waals surface area contributed by atoms with Crippen LogP contribution < -0.4 is 9.46 Å². The molecule has 1 atom stereocenters. The first-order chi connectivity index (χ1) is 9.11. The molecule has 2 aromatic carbocycles. The Kier molecular flexibility index (Phi) is 4.35. The van der Waals surface area contributed by atoms with Crippen molar-refractivity contribution in [1.82, 2.24) is 0 Å². The van der Waals surface area contributed by atoms with Crippen LogP contribution in [0.5, 0.6) is 5.75 Å². The van der Waals surface area contributed by atoms with Gasteiger partial charge in [0.05, 0.1) is 12.8 Å². The Hall–Kier alpha value is -1.65. The molecule has 0 aliphatic heterocycles. The second kappa shape index (κ2) is 5.99. The minimum absolute atomic E-state index is 0.725. The molecule has 0 aromatic heterocycles. The lowest BCUT2D eigenvalue weighted by Gasteiger charge is -2.15. The molecule has 0 bridgehead atoms. The van der Waals surface area contributed by atoms with Gasteiger partial charge in [0.1, 0.15) is 17.1 Å². The summed E-state index contributed by atoms with van der Waals surface area (Å²) in [6.07, 6.45) is 0. The Labute approximate surface area is 116 Å². The van der Waals surface area contributed by atoms with Gasteiger partial charge in [-0.3, -0.25) is 0 Å². The van der Waals surface area contributed by atoms with E-state index in [1.165, 1.54) is 0 Å². The number of hydrogen-bond acceptors (Lipinski definition) is 3. The van der Waals surface area contributed by atoms with Gasteiger partial charge in [0.25, 0.3) is 0 Å². The van der Waals surface area contributed by atoms with E-state index in [9.17, 15) is 4.55 Å². The average Bonchev–Trinajstić information content (AvgIpc) is 2.43. The highest BCUT2D eigenvalue weighted by Crippen LogP contribution is 2.24. The SMILES string of the molecule is COc1ccc([S@+]([O-])Nc2c(C)cccc2C)cc1. The minimum Gasteiger partial charge on any atom is -0.588 e. The Bertz CT molecular complexity index is 534. The second-order valence-corrected chi connectivity index (χ2v) is 5.53. The van der Waals surface area contributed by atoms with Crippen molar-refractivity contribution >= 4 is 17.0 Å². The molecule has 0 unspecified atom stereocenters. The number of para-hydroxylation sites is 1. The van der Waals surface area contributed by atoms with Crippen LogP contribution in [0.1, 0.15) is 11.1 Å². The fraction of sp³-hybridized carbons (Fsp3) is 0.200. The smallest absolute Gasteiger partial charge is 0.180 e. The first-order valence-electron chi connectivity index (χ1n) is 6.00. The zero-order valence-electron chi connectivity index (χ0n) is 11.3. The van der Waals surface area contributed by atoms with Crippen LogP contribution in [0.4, 0.5) is 5.69 Å². The lowest BCUT2D eigenvalue weighted by Crippen LogP contribution is -2.14. The summed E-state index contributed by atoms with van der Waals surface area (Å²) in [5.41, 5.74) is 3.10. The van der Waals surface area contributed by atoms with Crippen molar-refractivity contribution in [1.29, 1.82) is 0 Å². The summed E-state index contributed by atoms with van der Waals surface area (Å²) >= 11 is -1.27. The largest absolute Gasteiger partial charge is 0.588 e. The summed E-state index contributed by atoms with van der Waals surface area (Å²) in [4.78, 5) is 0.725. The molecule has 0 spiro atoms. The second-order valence-electron chi connectivity index (χ2n) is 4.31. The summed E-state index contributed by atoms with van der Waals surface area (Å²) in [6, 6.07) is 13.2. The quantitative estimate of drug-likeness (QED) is 0.869. The molecule has 0 heterocycles. The Balaban J connectivity index is 2.18. The summed E-state index contributed by atoms with van der Waals surface area (Å²) in [7, 11) is 1.61. The standard InChI is InChI=1S/C15H17NO2S/c1-11-5-4-6-12(2)15(11)16-19(17)14-9-7-13(18-3)8-10-14/h4-10,16H,1-3H3/t19-/m0/s1. The van der Waals surface area contributed by atoms with Gasteiger partial charge < -0.3 is 9.29 Å². The molecule has 2 aromatic rings. The first kappa shape index (κ1) is 13.8. The molecule has 0 saturated heterocycles. The highest BCUT2D eigenvalue weighted by atomic mass is 32.2. The monoisotopic (exact) mass is 275 g/mol. The van der Waals surface area contributed by atoms with E-state index >= 15 is 0 Å². The normalized spacial score (nSPS) is 12.0. The Morgan fingerprint density at radius 2 is 1.58 bits per heavy atom. The van der Waals surface area contributed by atoms with Crippen molar-refractivity contribution in [3.05, 3.63) is 53.6 Å². The molecule has 2 rings (SSSR count). The van der Waals surface area contributed by atoms with Crippen LogP contribution in [0, 0.1) is 13.8 Å². The van der Waals surface area contributed by atoms with Crippen LogP contribution in [0.3, 0.4) is 0 Å². The van der Waals surface area contributed by atoms with Gasteiger partial charge in [-0.1, -0.05) is 18.2 Å². The predicted molar refractivity (Wildman–Crippen MR) is 78.9 cm³/mol. The minimum atomic E-state index is -1.27. The van der Waals surface area contributed by atoms with E-state index in [0.717, 1.165) is 27.5 Å². The molecule has 4 heteroatoms. The van der Waals surface area contributed by atoms with E-state index in [-0.39, 0.29) is 0 Å². The molecule has 0 radical (unpaired) electrons. The summed E-state index contributed by atoms with van der Waals surface area (Å²) in [6.45, 7) is 4.00. The Morgan fingerprint density at radius 3 is 2.11 bits per heavy atom. The van der Waals surface area contributed by atoms with Gasteiger partial charge in [0.2, 0.25) is 0 Å². The molecular weight excluding hydrogens is 258 g/mol. The fourth-order valence-corrected chi connectivity index (χ4v) is 2.83. The first-order valence-corrected chi connectivity index (χ1v) is 7.15. The molecule has 1 N–H and O–H groups in total. The molecule has 0 saturated carbocycles. The van der Waals surface area contributed by atoms with E-state index in [4.69, 9.17) is 4.74 Å². The number of hydrogen-bond donors (Lipinski definition) is 1. The van der Waals surface area contributed by atoms with Crippen molar-refractivity contribution in [3.63, 3.8) is 0 Å². The lowest BCUT2D eigenvalue weighted by atomic mass is 10.1. The maximum Gasteiger partial charge on any atom is 0.180 e. The van der Waals surface area contributed by atoms with Crippen molar-refractivity contribution in [2.45, 2.75) is 18.7 Å². The third-order valence-electron chi connectivity index (χ3n) is 2.95. The van der Waals surface area contributed by atoms with Crippen LogP contribution >= 0.6 is 0 Å². The number of methoxy groups -OCH3 is 1. The maximum absolute atomic E-state index is 12.3. The summed E-state index contributed by atoms with van der Waals surface area (Å²) < 4.78 is 20.4. The average molecular weight is 275 g/mol. The fourth-order valence-electron chi connectivity index (χ4n) is 1.83. The van der Waals surface area contributed by atoms with Gasteiger partial charge in [-0.2, -0.15) is 0 Å². The number of ether oxygens (including phenoxy) is 1. The molecule has 0 aliphatic rings. The highest BCUT2D eigenvalue weighted by Gasteiger charge is 2.14. The lowest BCUT2D eigenvalue weighted by molar-refractivity contribution is 0.414. The van der Waals surface area contributed by atoms with Crippen LogP contribution in [-0.2, 0) is 11.4 Å². The third-order valence-corrected chi connectivity index (χ3v) is 4.04. The number of benzene rings is 2. The van der Waals surface area contributed by atoms with Crippen LogP contribution in [0.2, 0.25) is 0 Å². The van der Waals surface area contributed by atoms with Crippen molar-refractivity contribution in [3.8, 4) is 5.75 Å². The van der Waals surface area contributed by atoms with Gasteiger partial charge in [0, 0.05) is 0 Å². The molecular formula is C15H17NO2S. The molecule has 100 valence electrons. The van der Waals surface area contributed by atoms with E-state index in [1.807, 2.05) is 32.0 Å². The van der Waals surface area contributed by atoms with Gasteiger partial charge in [-0.15, -0.1) is 0 Å². The van der Waals surface area contributed by atoms with Crippen molar-refractivity contribution in [2.75, 3.05) is 11.8 Å². The van der Waals surface area contributed by atoms with Crippen LogP contribution in [-0.4, -0.2) is 11.7 Å². The van der Waals surface area contributed by atoms with Crippen LogP contribution in [0.15, 0.2) is 47.4 Å². The Morgan fingerprint density at radius 1 is 1.00 bits per heavy atom. The molecule has 0 amide bonds. The number of anilines is 1. The molecule has 3 nitrogen and oxygen atoms in total. The van der Waals surface area contributed by atoms with Gasteiger partial charge >= 0.3 is 0 Å². The zero-order chi connectivity index (χ0) is 13.8. The van der Waals surface area contributed by atoms with E-state index < -0.39 is 11.4 Å². The van der Waals surface area contributed by atoms with E-state index in [2.05, 4.69) is 4.72 Å². The van der Waals surface area contributed by atoms with Gasteiger partial charge in [-0.25, -0.2) is 4.72 Å². The maximum atomic E-state index is 12.3. The number of aryl methyl sites for hydroxylation is 2. The van der Waals surface area contributed by atoms with Gasteiger partial charge in [-0.05, 0) is 49.2 Å². The zero-order valence-corrected chi connectivity index (χ0v) is 12.1. The molecule has 0 aliphatic carbocycles. The number of rotatable bonds is 4. The third kappa shape index (κ3) is 3.22. The summed E-state index contributed by atoms with van der Waals surface area (Å²) in [5.74, 6) is 0.757. The number of nitrogens with one attached hydrogen (secondary N) is 1. The topological polar surface area (TPSA) is 44.3 Å². The van der Waals surface area contributed by atoms with E-state index in [1.54, 1.807) is 31.4 Å². The predicted octanol–water partition coefficient (Wildman–Crippen LogP) is 3.45.